The number of nitrogens with zero attached hydrogens (tertiary/aromatic N) is 2. The van der Waals surface area contributed by atoms with Crippen molar-refractivity contribution in [3.8, 4) is 0 Å². The molecule has 130 valence electrons. The van der Waals surface area contributed by atoms with Gasteiger partial charge in [0.05, 0.1) is 11.4 Å². The fraction of sp³-hybridized carbons (Fsp3) is 0.588. The van der Waals surface area contributed by atoms with E-state index in [4.69, 9.17) is 0 Å². The third-order valence-electron chi connectivity index (χ3n) is 4.77. The van der Waals surface area contributed by atoms with E-state index >= 15 is 0 Å². The molecule has 1 N–H and O–H groups in total. The fourth-order valence-corrected chi connectivity index (χ4v) is 3.40. The number of carbonyl (C=O) groups is 1. The number of hydrogen-bond acceptors (Lipinski definition) is 3. The fourth-order valence-electron chi connectivity index (χ4n) is 3.40. The minimum atomic E-state index is 0. The van der Waals surface area contributed by atoms with Crippen molar-refractivity contribution in [2.24, 2.45) is 5.92 Å². The highest BCUT2D eigenvalue weighted by Crippen LogP contribution is 2.32. The molecule has 4 nitrogen and oxygen atoms in total. The molecule has 1 aromatic rings. The zero-order chi connectivity index (χ0) is 14.7. The number of nitrogens with one attached hydrogen (secondary N) is 1. The SMILES string of the molecule is CN1CCN(C(=O)CCC2CCNCC2)c2ccccc21.Cl.Cl. The van der Waals surface area contributed by atoms with Crippen molar-refractivity contribution in [3.63, 3.8) is 0 Å². The molecule has 1 fully saturated rings. The van der Waals surface area contributed by atoms with E-state index in [0.29, 0.717) is 6.42 Å². The van der Waals surface area contributed by atoms with E-state index in [2.05, 4.69) is 29.4 Å². The van der Waals surface area contributed by atoms with Crippen LogP contribution in [0.25, 0.3) is 0 Å². The third-order valence-corrected chi connectivity index (χ3v) is 4.77. The average Bonchev–Trinajstić information content (AvgIpc) is 2.54. The highest BCUT2D eigenvalue weighted by Gasteiger charge is 2.25. The van der Waals surface area contributed by atoms with Crippen LogP contribution >= 0.6 is 24.8 Å². The summed E-state index contributed by atoms with van der Waals surface area (Å²) in [5.41, 5.74) is 2.24. The summed E-state index contributed by atoms with van der Waals surface area (Å²) in [6.07, 6.45) is 4.15. The van der Waals surface area contributed by atoms with Gasteiger partial charge in [0.15, 0.2) is 0 Å². The first-order chi connectivity index (χ1) is 10.3. The van der Waals surface area contributed by atoms with Gasteiger partial charge in [0.25, 0.3) is 0 Å². The maximum absolute atomic E-state index is 12.6. The minimum absolute atomic E-state index is 0. The number of hydrogen-bond donors (Lipinski definition) is 1. The summed E-state index contributed by atoms with van der Waals surface area (Å²) in [5.74, 6) is 1.01. The Labute approximate surface area is 151 Å². The van der Waals surface area contributed by atoms with Crippen molar-refractivity contribution in [1.29, 1.82) is 0 Å². The lowest BCUT2D eigenvalue weighted by Gasteiger charge is -2.36. The van der Waals surface area contributed by atoms with Crippen LogP contribution in [0.15, 0.2) is 24.3 Å². The molecule has 0 atom stereocenters. The molecule has 0 spiro atoms. The summed E-state index contributed by atoms with van der Waals surface area (Å²) < 4.78 is 0. The summed E-state index contributed by atoms with van der Waals surface area (Å²) in [6, 6.07) is 8.22. The molecule has 1 amide bonds. The predicted molar refractivity (Wildman–Crippen MR) is 101 cm³/mol. The van der Waals surface area contributed by atoms with Crippen molar-refractivity contribution < 1.29 is 4.79 Å². The molecular formula is C17H27Cl2N3O. The van der Waals surface area contributed by atoms with Crippen LogP contribution in [-0.2, 0) is 4.79 Å². The van der Waals surface area contributed by atoms with Crippen LogP contribution in [-0.4, -0.2) is 39.1 Å². The highest BCUT2D eigenvalue weighted by atomic mass is 35.5. The molecule has 0 unspecified atom stereocenters. The van der Waals surface area contributed by atoms with E-state index in [0.717, 1.165) is 44.2 Å². The molecule has 0 aliphatic carbocycles. The molecule has 3 rings (SSSR count). The van der Waals surface area contributed by atoms with Gasteiger partial charge >= 0.3 is 0 Å². The Hall–Kier alpha value is -0.970. The summed E-state index contributed by atoms with van der Waals surface area (Å²) in [5, 5.41) is 3.38. The first-order valence-electron chi connectivity index (χ1n) is 8.07. The molecule has 2 aliphatic rings. The normalized spacial score (nSPS) is 17.8. The molecule has 0 radical (unpaired) electrons. The number of para-hydroxylation sites is 2. The molecule has 0 saturated carbocycles. The number of likely N-dealkylation sites (N-methyl/N-ethyl adjacent to an activating group) is 1. The summed E-state index contributed by atoms with van der Waals surface area (Å²) in [6.45, 7) is 3.93. The van der Waals surface area contributed by atoms with Crippen molar-refractivity contribution in [2.75, 3.05) is 43.0 Å². The quantitative estimate of drug-likeness (QED) is 0.900. The van der Waals surface area contributed by atoms with Crippen molar-refractivity contribution in [1.82, 2.24) is 5.32 Å². The van der Waals surface area contributed by atoms with Gasteiger partial charge < -0.3 is 15.1 Å². The van der Waals surface area contributed by atoms with E-state index in [1.165, 1.54) is 18.5 Å². The zero-order valence-electron chi connectivity index (χ0n) is 13.7. The van der Waals surface area contributed by atoms with E-state index < -0.39 is 0 Å². The molecule has 0 aromatic heterocycles. The van der Waals surface area contributed by atoms with Gasteiger partial charge in [-0.1, -0.05) is 12.1 Å². The van der Waals surface area contributed by atoms with Crippen molar-refractivity contribution >= 4 is 42.1 Å². The van der Waals surface area contributed by atoms with E-state index in [-0.39, 0.29) is 30.7 Å². The Bertz CT molecular complexity index is 506. The Morgan fingerprint density at radius 1 is 1.13 bits per heavy atom. The van der Waals surface area contributed by atoms with E-state index in [1.54, 1.807) is 0 Å². The molecule has 1 aromatic carbocycles. The number of carbonyl (C=O) groups excluding carboxylic acids is 1. The topological polar surface area (TPSA) is 35.6 Å². The maximum Gasteiger partial charge on any atom is 0.227 e. The van der Waals surface area contributed by atoms with Gasteiger partial charge in [-0.25, -0.2) is 0 Å². The first-order valence-corrected chi connectivity index (χ1v) is 8.07. The lowest BCUT2D eigenvalue weighted by Crippen LogP contribution is -2.42. The summed E-state index contributed by atoms with van der Waals surface area (Å²) in [7, 11) is 2.09. The van der Waals surface area contributed by atoms with Gasteiger partial charge in [-0.05, 0) is 50.4 Å². The van der Waals surface area contributed by atoms with Crippen LogP contribution in [0.2, 0.25) is 0 Å². The third kappa shape index (κ3) is 4.75. The molecule has 2 aliphatic heterocycles. The van der Waals surface area contributed by atoms with Gasteiger partial charge in [0.1, 0.15) is 0 Å². The second-order valence-corrected chi connectivity index (χ2v) is 6.19. The Balaban J connectivity index is 0.00000132. The van der Waals surface area contributed by atoms with Crippen LogP contribution in [0.3, 0.4) is 0 Å². The van der Waals surface area contributed by atoms with E-state index in [9.17, 15) is 4.79 Å². The van der Waals surface area contributed by atoms with Gasteiger partial charge in [-0.15, -0.1) is 24.8 Å². The zero-order valence-corrected chi connectivity index (χ0v) is 15.3. The minimum Gasteiger partial charge on any atom is -0.371 e. The molecule has 23 heavy (non-hydrogen) atoms. The first kappa shape index (κ1) is 20.1. The highest BCUT2D eigenvalue weighted by molar-refractivity contribution is 5.97. The number of piperidine rings is 1. The summed E-state index contributed by atoms with van der Waals surface area (Å²) >= 11 is 0. The predicted octanol–water partition coefficient (Wildman–Crippen LogP) is 3.09. The van der Waals surface area contributed by atoms with E-state index in [1.807, 2.05) is 17.0 Å². The van der Waals surface area contributed by atoms with Crippen LogP contribution in [0.1, 0.15) is 25.7 Å². The number of rotatable bonds is 3. The molecule has 1 saturated heterocycles. The number of benzene rings is 1. The van der Waals surface area contributed by atoms with Gasteiger partial charge in [-0.3, -0.25) is 4.79 Å². The summed E-state index contributed by atoms with van der Waals surface area (Å²) in [4.78, 5) is 16.8. The number of anilines is 2. The van der Waals surface area contributed by atoms with Gasteiger partial charge in [0.2, 0.25) is 5.91 Å². The lowest BCUT2D eigenvalue weighted by molar-refractivity contribution is -0.119. The largest absolute Gasteiger partial charge is 0.371 e. The molecule has 6 heteroatoms. The smallest absolute Gasteiger partial charge is 0.227 e. The molecule has 2 heterocycles. The molecule has 0 bridgehead atoms. The van der Waals surface area contributed by atoms with Gasteiger partial charge in [0, 0.05) is 26.6 Å². The maximum atomic E-state index is 12.6. The second kappa shape index (κ2) is 9.36. The monoisotopic (exact) mass is 359 g/mol. The van der Waals surface area contributed by atoms with Crippen LogP contribution in [0.4, 0.5) is 11.4 Å². The number of fused-ring (bicyclic) bond motifs is 1. The van der Waals surface area contributed by atoms with Crippen molar-refractivity contribution in [3.05, 3.63) is 24.3 Å². The van der Waals surface area contributed by atoms with Crippen molar-refractivity contribution in [2.45, 2.75) is 25.7 Å². The lowest BCUT2D eigenvalue weighted by atomic mass is 9.93. The second-order valence-electron chi connectivity index (χ2n) is 6.19. The molecular weight excluding hydrogens is 333 g/mol. The Kier molecular flexibility index (Phi) is 8.17. The van der Waals surface area contributed by atoms with Gasteiger partial charge in [-0.2, -0.15) is 0 Å². The number of halogens is 2. The Morgan fingerprint density at radius 3 is 2.48 bits per heavy atom. The van der Waals surface area contributed by atoms with Crippen LogP contribution in [0, 0.1) is 5.92 Å². The van der Waals surface area contributed by atoms with Crippen LogP contribution in [0.5, 0.6) is 0 Å². The van der Waals surface area contributed by atoms with Crippen LogP contribution < -0.4 is 15.1 Å². The Morgan fingerprint density at radius 2 is 1.78 bits per heavy atom. The average molecular weight is 360 g/mol. The number of amides is 1. The standard InChI is InChI=1S/C17H25N3O.2ClH/c1-19-12-13-20(16-5-3-2-4-15(16)19)17(21)7-6-14-8-10-18-11-9-14;;/h2-5,14,18H,6-13H2,1H3;2*1H.